The van der Waals surface area contributed by atoms with Crippen LogP contribution in [0.3, 0.4) is 0 Å². The lowest BCUT2D eigenvalue weighted by atomic mass is 9.80. The molecule has 0 unspecified atom stereocenters. The van der Waals surface area contributed by atoms with E-state index >= 15 is 0 Å². The second kappa shape index (κ2) is 7.72. The molecule has 2 aliphatic heterocycles. The van der Waals surface area contributed by atoms with Gasteiger partial charge in [0.15, 0.2) is 0 Å². The maximum Gasteiger partial charge on any atom is 0.248 e. The Labute approximate surface area is 154 Å². The molecule has 0 saturated carbocycles. The van der Waals surface area contributed by atoms with E-state index in [0.717, 1.165) is 18.7 Å². The highest BCUT2D eigenvalue weighted by Crippen LogP contribution is 2.44. The Kier molecular flexibility index (Phi) is 5.58. The van der Waals surface area contributed by atoms with Gasteiger partial charge in [-0.1, -0.05) is 6.07 Å². The van der Waals surface area contributed by atoms with Crippen LogP contribution in [0.2, 0.25) is 0 Å². The minimum absolute atomic E-state index is 0.0222. The van der Waals surface area contributed by atoms with Gasteiger partial charge >= 0.3 is 0 Å². The highest BCUT2D eigenvalue weighted by molar-refractivity contribution is 5.86. The summed E-state index contributed by atoms with van der Waals surface area (Å²) in [6.45, 7) is 5.84. The molecule has 2 fully saturated rings. The van der Waals surface area contributed by atoms with Crippen LogP contribution in [-0.2, 0) is 20.9 Å². The average molecular weight is 360 g/mol. The molecule has 2 saturated heterocycles. The van der Waals surface area contributed by atoms with Crippen molar-refractivity contribution in [1.82, 2.24) is 19.7 Å². The van der Waals surface area contributed by atoms with E-state index in [0.29, 0.717) is 26.2 Å². The molecule has 0 spiro atoms. The summed E-state index contributed by atoms with van der Waals surface area (Å²) >= 11 is 0. The fraction of sp³-hybridized carbons (Fsp3) is 0.632. The Bertz CT molecular complexity index is 651. The molecule has 1 aromatic rings. The minimum Gasteiger partial charge on any atom is -0.372 e. The fourth-order valence-corrected chi connectivity index (χ4v) is 4.26. The van der Waals surface area contributed by atoms with E-state index < -0.39 is 5.41 Å². The zero-order valence-electron chi connectivity index (χ0n) is 15.9. The predicted octanol–water partition coefficient (Wildman–Crippen LogP) is 0.467. The third-order valence-electron chi connectivity index (χ3n) is 5.42. The molecule has 2 amide bonds. The van der Waals surface area contributed by atoms with Gasteiger partial charge in [-0.3, -0.25) is 19.5 Å². The number of aromatic nitrogens is 1. The summed E-state index contributed by atoms with van der Waals surface area (Å²) in [5.74, 6) is 0.244. The monoisotopic (exact) mass is 360 g/mol. The first kappa shape index (κ1) is 18.8. The quantitative estimate of drug-likeness (QED) is 0.738. The molecule has 2 atom stereocenters. The van der Waals surface area contributed by atoms with E-state index in [9.17, 15) is 9.59 Å². The Balaban J connectivity index is 1.74. The van der Waals surface area contributed by atoms with Gasteiger partial charge in [0.25, 0.3) is 0 Å². The van der Waals surface area contributed by atoms with Crippen molar-refractivity contribution in [3.05, 3.63) is 30.1 Å². The fourth-order valence-electron chi connectivity index (χ4n) is 4.26. The number of hydrogen-bond donors (Lipinski definition) is 0. The van der Waals surface area contributed by atoms with Crippen LogP contribution < -0.4 is 0 Å². The van der Waals surface area contributed by atoms with Crippen LogP contribution in [-0.4, -0.2) is 85.0 Å². The number of rotatable bonds is 6. The first-order chi connectivity index (χ1) is 12.5. The molecule has 7 heteroatoms. The van der Waals surface area contributed by atoms with Crippen LogP contribution in [0, 0.1) is 11.3 Å². The average Bonchev–Trinajstić information content (AvgIpc) is 3.14. The van der Waals surface area contributed by atoms with E-state index in [1.807, 2.05) is 24.1 Å². The van der Waals surface area contributed by atoms with E-state index in [4.69, 9.17) is 4.74 Å². The van der Waals surface area contributed by atoms with E-state index in [1.165, 1.54) is 0 Å². The number of nitrogens with zero attached hydrogens (tertiary/aromatic N) is 4. The van der Waals surface area contributed by atoms with Crippen molar-refractivity contribution in [1.29, 1.82) is 0 Å². The number of amides is 2. The van der Waals surface area contributed by atoms with Crippen molar-refractivity contribution in [3.8, 4) is 0 Å². The van der Waals surface area contributed by atoms with Crippen molar-refractivity contribution >= 4 is 11.8 Å². The second-order valence-electron chi connectivity index (χ2n) is 7.49. The minimum atomic E-state index is -0.520. The van der Waals surface area contributed by atoms with Gasteiger partial charge in [-0.2, -0.15) is 0 Å². The lowest BCUT2D eigenvalue weighted by Crippen LogP contribution is -2.47. The van der Waals surface area contributed by atoms with Gasteiger partial charge in [-0.25, -0.2) is 0 Å². The number of carbonyl (C=O) groups is 2. The topological polar surface area (TPSA) is 66.0 Å². The Morgan fingerprint density at radius 2 is 2.15 bits per heavy atom. The highest BCUT2D eigenvalue weighted by Gasteiger charge is 2.58. The number of likely N-dealkylation sites (tertiary alicyclic amines) is 2. The van der Waals surface area contributed by atoms with E-state index in [1.54, 1.807) is 25.2 Å². The third-order valence-corrected chi connectivity index (χ3v) is 5.42. The first-order valence-electron chi connectivity index (χ1n) is 9.15. The molecule has 3 heterocycles. The summed E-state index contributed by atoms with van der Waals surface area (Å²) in [5, 5.41) is 0. The zero-order chi connectivity index (χ0) is 18.7. The van der Waals surface area contributed by atoms with Gasteiger partial charge < -0.3 is 14.5 Å². The van der Waals surface area contributed by atoms with Gasteiger partial charge in [-0.05, 0) is 18.6 Å². The summed E-state index contributed by atoms with van der Waals surface area (Å²) < 4.78 is 5.27. The Hall–Kier alpha value is -1.99. The van der Waals surface area contributed by atoms with Gasteiger partial charge in [0.05, 0.1) is 5.41 Å². The predicted molar refractivity (Wildman–Crippen MR) is 97.2 cm³/mol. The lowest BCUT2D eigenvalue weighted by Gasteiger charge is -2.31. The van der Waals surface area contributed by atoms with E-state index in [2.05, 4.69) is 16.0 Å². The normalized spacial score (nSPS) is 25.3. The number of ether oxygens (including phenoxy) is 1. The first-order valence-corrected chi connectivity index (χ1v) is 9.15. The number of hydrogen-bond acceptors (Lipinski definition) is 5. The van der Waals surface area contributed by atoms with Crippen LogP contribution in [0.25, 0.3) is 0 Å². The van der Waals surface area contributed by atoms with Crippen LogP contribution in [0.15, 0.2) is 24.5 Å². The Morgan fingerprint density at radius 3 is 2.81 bits per heavy atom. The number of pyridine rings is 1. The molecule has 26 heavy (non-hydrogen) atoms. The second-order valence-corrected chi connectivity index (χ2v) is 7.49. The van der Waals surface area contributed by atoms with Crippen molar-refractivity contribution in [3.63, 3.8) is 0 Å². The van der Waals surface area contributed by atoms with E-state index in [-0.39, 0.29) is 24.3 Å². The van der Waals surface area contributed by atoms with Gasteiger partial charge in [-0.15, -0.1) is 0 Å². The molecule has 3 rings (SSSR count). The van der Waals surface area contributed by atoms with Crippen molar-refractivity contribution in [2.75, 3.05) is 53.5 Å². The van der Waals surface area contributed by atoms with Crippen molar-refractivity contribution < 1.29 is 14.3 Å². The van der Waals surface area contributed by atoms with Gasteiger partial charge in [0.1, 0.15) is 6.61 Å². The molecule has 142 valence electrons. The summed E-state index contributed by atoms with van der Waals surface area (Å²) in [6.07, 6.45) is 3.63. The van der Waals surface area contributed by atoms with Crippen LogP contribution >= 0.6 is 0 Å². The SMILES string of the molecule is CCOCC(=O)N1C[C@@H]2CN(Cc3cccnc3)C[C@]2(C(=O)N(C)C)C1. The van der Waals surface area contributed by atoms with Crippen molar-refractivity contribution in [2.45, 2.75) is 13.5 Å². The van der Waals surface area contributed by atoms with Gasteiger partial charge in [0, 0.05) is 71.7 Å². The number of fused-ring (bicyclic) bond motifs is 1. The smallest absolute Gasteiger partial charge is 0.248 e. The standard InChI is InChI=1S/C19H28N4O3/c1-4-26-12-17(24)23-11-16-10-22(9-15-6-5-7-20-8-15)13-19(16,14-23)18(25)21(2)3/h5-8,16H,4,9-14H2,1-3H3/t16-,19-/m0/s1. The third kappa shape index (κ3) is 3.59. The molecule has 0 N–H and O–H groups in total. The van der Waals surface area contributed by atoms with Gasteiger partial charge in [0.2, 0.25) is 11.8 Å². The Morgan fingerprint density at radius 1 is 1.35 bits per heavy atom. The summed E-state index contributed by atoms with van der Waals surface area (Å²) in [6, 6.07) is 3.99. The molecular weight excluding hydrogens is 332 g/mol. The molecule has 1 aromatic heterocycles. The summed E-state index contributed by atoms with van der Waals surface area (Å²) in [7, 11) is 3.59. The summed E-state index contributed by atoms with van der Waals surface area (Å²) in [5.41, 5.74) is 0.623. The van der Waals surface area contributed by atoms with Crippen LogP contribution in [0.1, 0.15) is 12.5 Å². The molecule has 2 aliphatic rings. The maximum atomic E-state index is 13.0. The molecule has 0 bridgehead atoms. The summed E-state index contributed by atoms with van der Waals surface area (Å²) in [4.78, 5) is 35.4. The zero-order valence-corrected chi connectivity index (χ0v) is 15.9. The highest BCUT2D eigenvalue weighted by atomic mass is 16.5. The number of carbonyl (C=O) groups excluding carboxylic acids is 2. The molecule has 7 nitrogen and oxygen atoms in total. The van der Waals surface area contributed by atoms with Crippen LogP contribution in [0.5, 0.6) is 0 Å². The largest absolute Gasteiger partial charge is 0.372 e. The van der Waals surface area contributed by atoms with Crippen molar-refractivity contribution in [2.24, 2.45) is 11.3 Å². The molecular formula is C19H28N4O3. The molecule has 0 aromatic carbocycles. The molecule has 0 aliphatic carbocycles. The molecule has 0 radical (unpaired) electrons. The lowest BCUT2D eigenvalue weighted by molar-refractivity contribution is -0.141. The van der Waals surface area contributed by atoms with Crippen LogP contribution in [0.4, 0.5) is 0 Å². The maximum absolute atomic E-state index is 13.0.